The molecule has 7 heteroatoms. The maximum atomic E-state index is 12.2. The predicted molar refractivity (Wildman–Crippen MR) is 80.9 cm³/mol. The second-order valence-electron chi connectivity index (χ2n) is 5.71. The summed E-state index contributed by atoms with van der Waals surface area (Å²) in [6.45, 7) is 6.82. The number of hydrogen-bond acceptors (Lipinski definition) is 4. The number of rotatable bonds is 6. The third kappa shape index (κ3) is 4.28. The van der Waals surface area contributed by atoms with Crippen LogP contribution >= 0.6 is 0 Å². The molecule has 0 fully saturated rings. The molecule has 0 unspecified atom stereocenters. The first-order valence-electron chi connectivity index (χ1n) is 6.92. The first kappa shape index (κ1) is 17.6. The molecule has 0 spiro atoms. The third-order valence-electron chi connectivity index (χ3n) is 3.25. The van der Waals surface area contributed by atoms with Gasteiger partial charge in [-0.1, -0.05) is 13.8 Å². The number of nitro groups is 1. The van der Waals surface area contributed by atoms with E-state index in [2.05, 4.69) is 5.32 Å². The molecule has 1 atom stereocenters. The molecule has 1 rings (SSSR count). The maximum absolute atomic E-state index is 12.2. The van der Waals surface area contributed by atoms with Crippen molar-refractivity contribution in [3.05, 3.63) is 38.9 Å². The standard InChI is InChI=1S/C15H20N2O5/c1-8(2)5-12(15(19)20)16-14(18)11-6-9(3)13(17(21)22)10(4)7-11/h6-8,12H,5H2,1-4H3,(H,16,18)(H,19,20)/t12-/m0/s1. The summed E-state index contributed by atoms with van der Waals surface area (Å²) >= 11 is 0. The average Bonchev–Trinajstić information content (AvgIpc) is 2.35. The van der Waals surface area contributed by atoms with Crippen LogP contribution < -0.4 is 5.32 Å². The van der Waals surface area contributed by atoms with Crippen molar-refractivity contribution in [2.24, 2.45) is 5.92 Å². The summed E-state index contributed by atoms with van der Waals surface area (Å²) < 4.78 is 0. The summed E-state index contributed by atoms with van der Waals surface area (Å²) in [7, 11) is 0. The Hall–Kier alpha value is -2.44. The van der Waals surface area contributed by atoms with E-state index in [4.69, 9.17) is 5.11 Å². The molecule has 1 aromatic carbocycles. The van der Waals surface area contributed by atoms with Gasteiger partial charge in [0.05, 0.1) is 4.92 Å². The maximum Gasteiger partial charge on any atom is 0.326 e. The van der Waals surface area contributed by atoms with Gasteiger partial charge in [-0.15, -0.1) is 0 Å². The summed E-state index contributed by atoms with van der Waals surface area (Å²) in [6, 6.07) is 1.81. The summed E-state index contributed by atoms with van der Waals surface area (Å²) in [5.74, 6) is -1.53. The van der Waals surface area contributed by atoms with Crippen LogP contribution in [0.5, 0.6) is 0 Å². The van der Waals surface area contributed by atoms with Crippen molar-refractivity contribution >= 4 is 17.6 Å². The van der Waals surface area contributed by atoms with Crippen LogP contribution in [0.25, 0.3) is 0 Å². The van der Waals surface area contributed by atoms with Crippen molar-refractivity contribution < 1.29 is 19.6 Å². The number of hydrogen-bond donors (Lipinski definition) is 2. The first-order chi connectivity index (χ1) is 10.1. The molecule has 0 saturated heterocycles. The van der Waals surface area contributed by atoms with E-state index in [9.17, 15) is 19.7 Å². The lowest BCUT2D eigenvalue weighted by Gasteiger charge is -2.17. The molecule has 0 aliphatic heterocycles. The molecule has 0 heterocycles. The zero-order valence-corrected chi connectivity index (χ0v) is 13.0. The Morgan fingerprint density at radius 1 is 1.27 bits per heavy atom. The fourth-order valence-corrected chi connectivity index (χ4v) is 2.31. The van der Waals surface area contributed by atoms with Crippen LogP contribution in [0, 0.1) is 29.9 Å². The van der Waals surface area contributed by atoms with Gasteiger partial charge in [0.1, 0.15) is 6.04 Å². The highest BCUT2D eigenvalue weighted by Crippen LogP contribution is 2.24. The molecular weight excluding hydrogens is 288 g/mol. The Bertz CT molecular complexity index is 587. The van der Waals surface area contributed by atoms with E-state index in [-0.39, 0.29) is 17.2 Å². The van der Waals surface area contributed by atoms with Gasteiger partial charge in [0.15, 0.2) is 0 Å². The van der Waals surface area contributed by atoms with E-state index >= 15 is 0 Å². The number of aryl methyl sites for hydroxylation is 2. The molecule has 0 radical (unpaired) electrons. The Morgan fingerprint density at radius 2 is 1.77 bits per heavy atom. The number of carboxylic acids is 1. The molecule has 1 amide bonds. The van der Waals surface area contributed by atoms with E-state index in [1.54, 1.807) is 13.8 Å². The molecule has 1 aromatic rings. The van der Waals surface area contributed by atoms with Crippen LogP contribution in [0.4, 0.5) is 5.69 Å². The van der Waals surface area contributed by atoms with Crippen LogP contribution in [0.1, 0.15) is 41.8 Å². The number of nitrogens with one attached hydrogen (secondary N) is 1. The van der Waals surface area contributed by atoms with Gasteiger partial charge in [0.25, 0.3) is 11.6 Å². The van der Waals surface area contributed by atoms with Gasteiger partial charge in [-0.3, -0.25) is 14.9 Å². The van der Waals surface area contributed by atoms with Gasteiger partial charge in [0.2, 0.25) is 0 Å². The van der Waals surface area contributed by atoms with Crippen LogP contribution in [-0.2, 0) is 4.79 Å². The minimum absolute atomic E-state index is 0.0338. The number of carbonyl (C=O) groups excluding carboxylic acids is 1. The van der Waals surface area contributed by atoms with Crippen molar-refractivity contribution in [1.82, 2.24) is 5.32 Å². The fourth-order valence-electron chi connectivity index (χ4n) is 2.31. The molecule has 2 N–H and O–H groups in total. The monoisotopic (exact) mass is 308 g/mol. The molecule has 7 nitrogen and oxygen atoms in total. The number of nitro benzene ring substituents is 1. The predicted octanol–water partition coefficient (Wildman–Crippen LogP) is 2.44. The van der Waals surface area contributed by atoms with Gasteiger partial charge < -0.3 is 10.4 Å². The number of amides is 1. The second kappa shape index (κ2) is 7.02. The van der Waals surface area contributed by atoms with Crippen molar-refractivity contribution in [3.63, 3.8) is 0 Å². The number of aliphatic carboxylic acids is 1. The lowest BCUT2D eigenvalue weighted by atomic mass is 10.0. The number of benzene rings is 1. The molecule has 22 heavy (non-hydrogen) atoms. The van der Waals surface area contributed by atoms with Crippen molar-refractivity contribution in [2.45, 2.75) is 40.2 Å². The molecule has 0 bridgehead atoms. The van der Waals surface area contributed by atoms with Gasteiger partial charge >= 0.3 is 5.97 Å². The van der Waals surface area contributed by atoms with Crippen molar-refractivity contribution in [1.29, 1.82) is 0 Å². The highest BCUT2D eigenvalue weighted by atomic mass is 16.6. The average molecular weight is 308 g/mol. The van der Waals surface area contributed by atoms with Crippen LogP contribution in [0.3, 0.4) is 0 Å². The van der Waals surface area contributed by atoms with Crippen LogP contribution in [0.2, 0.25) is 0 Å². The molecule has 0 aliphatic rings. The SMILES string of the molecule is Cc1cc(C(=O)N[C@@H](CC(C)C)C(=O)O)cc(C)c1[N+](=O)[O-]. The van der Waals surface area contributed by atoms with E-state index < -0.39 is 22.8 Å². The zero-order chi connectivity index (χ0) is 17.0. The zero-order valence-electron chi connectivity index (χ0n) is 13.0. The Labute approximate surface area is 128 Å². The minimum Gasteiger partial charge on any atom is -0.480 e. The Kier molecular flexibility index (Phi) is 5.62. The molecule has 0 aromatic heterocycles. The van der Waals surface area contributed by atoms with Gasteiger partial charge in [-0.2, -0.15) is 0 Å². The molecular formula is C15H20N2O5. The number of carboxylic acid groups (broad SMARTS) is 1. The summed E-state index contributed by atoms with van der Waals surface area (Å²) in [5, 5.41) is 22.5. The molecule has 0 saturated carbocycles. The topological polar surface area (TPSA) is 110 Å². The van der Waals surface area contributed by atoms with Crippen molar-refractivity contribution in [3.8, 4) is 0 Å². The largest absolute Gasteiger partial charge is 0.480 e. The normalized spacial score (nSPS) is 12.0. The minimum atomic E-state index is -1.10. The molecule has 120 valence electrons. The summed E-state index contributed by atoms with van der Waals surface area (Å²) in [5.41, 5.74) is 0.917. The Morgan fingerprint density at radius 3 is 2.14 bits per heavy atom. The number of carbonyl (C=O) groups is 2. The van der Waals surface area contributed by atoms with Crippen molar-refractivity contribution in [2.75, 3.05) is 0 Å². The smallest absolute Gasteiger partial charge is 0.326 e. The van der Waals surface area contributed by atoms with E-state index in [0.29, 0.717) is 17.5 Å². The van der Waals surface area contributed by atoms with E-state index in [0.717, 1.165) is 0 Å². The van der Waals surface area contributed by atoms with Crippen LogP contribution in [0.15, 0.2) is 12.1 Å². The highest BCUT2D eigenvalue weighted by molar-refractivity contribution is 5.97. The van der Waals surface area contributed by atoms with E-state index in [1.165, 1.54) is 12.1 Å². The Balaban J connectivity index is 3.03. The highest BCUT2D eigenvalue weighted by Gasteiger charge is 2.23. The van der Waals surface area contributed by atoms with Gasteiger partial charge in [-0.25, -0.2) is 4.79 Å². The van der Waals surface area contributed by atoms with Crippen LogP contribution in [-0.4, -0.2) is 27.9 Å². The first-order valence-corrected chi connectivity index (χ1v) is 6.92. The summed E-state index contributed by atoms with van der Waals surface area (Å²) in [4.78, 5) is 33.8. The quantitative estimate of drug-likeness (QED) is 0.619. The second-order valence-corrected chi connectivity index (χ2v) is 5.71. The summed E-state index contributed by atoms with van der Waals surface area (Å²) in [6.07, 6.45) is 0.312. The fraction of sp³-hybridized carbons (Fsp3) is 0.467. The lowest BCUT2D eigenvalue weighted by Crippen LogP contribution is -2.41. The number of nitrogens with zero attached hydrogens (tertiary/aromatic N) is 1. The third-order valence-corrected chi connectivity index (χ3v) is 3.25. The molecule has 0 aliphatic carbocycles. The lowest BCUT2D eigenvalue weighted by molar-refractivity contribution is -0.386. The van der Waals surface area contributed by atoms with Gasteiger partial charge in [-0.05, 0) is 38.3 Å². The van der Waals surface area contributed by atoms with Gasteiger partial charge in [0, 0.05) is 16.7 Å². The van der Waals surface area contributed by atoms with E-state index in [1.807, 2.05) is 13.8 Å².